The summed E-state index contributed by atoms with van der Waals surface area (Å²) in [6, 6.07) is 7.47. The van der Waals surface area contributed by atoms with E-state index in [0.29, 0.717) is 5.13 Å². The van der Waals surface area contributed by atoms with Gasteiger partial charge in [0.2, 0.25) is 0 Å². The van der Waals surface area contributed by atoms with E-state index in [4.69, 9.17) is 0 Å². The van der Waals surface area contributed by atoms with E-state index < -0.39 is 17.5 Å². The average Bonchev–Trinajstić information content (AvgIpc) is 3.07. The smallest absolute Gasteiger partial charge is 0.260 e. The van der Waals surface area contributed by atoms with Crippen molar-refractivity contribution in [1.29, 1.82) is 0 Å². The van der Waals surface area contributed by atoms with Crippen LogP contribution in [-0.2, 0) is 0 Å². The number of amides is 1. The quantitative estimate of drug-likeness (QED) is 0.721. The second kappa shape index (κ2) is 6.17. The maximum absolute atomic E-state index is 13.7. The molecule has 1 amide bonds. The van der Waals surface area contributed by atoms with E-state index in [-0.39, 0.29) is 5.56 Å². The maximum Gasteiger partial charge on any atom is 0.260 e. The lowest BCUT2D eigenvalue weighted by molar-refractivity contribution is 0.102. The number of carbonyl (C=O) groups is 1. The zero-order valence-corrected chi connectivity index (χ0v) is 13.9. The van der Waals surface area contributed by atoms with Crippen molar-refractivity contribution in [1.82, 2.24) is 4.98 Å². The second-order valence-corrected chi connectivity index (χ2v) is 7.38. The van der Waals surface area contributed by atoms with Gasteiger partial charge in [-0.15, -0.1) is 22.7 Å². The van der Waals surface area contributed by atoms with Gasteiger partial charge >= 0.3 is 0 Å². The second-order valence-electron chi connectivity index (χ2n) is 4.89. The zero-order valence-electron chi connectivity index (χ0n) is 12.3. The largest absolute Gasteiger partial charge is 0.298 e. The zero-order chi connectivity index (χ0) is 16.6. The number of thiazole rings is 1. The molecule has 2 aromatic heterocycles. The summed E-state index contributed by atoms with van der Waals surface area (Å²) in [7, 11) is 0. The monoisotopic (exact) mass is 350 g/mol. The van der Waals surface area contributed by atoms with Gasteiger partial charge in [-0.25, -0.2) is 13.8 Å². The number of nitrogens with one attached hydrogen (secondary N) is 1. The van der Waals surface area contributed by atoms with Crippen molar-refractivity contribution in [3.8, 4) is 10.6 Å². The Morgan fingerprint density at radius 3 is 2.61 bits per heavy atom. The summed E-state index contributed by atoms with van der Waals surface area (Å²) in [5.41, 5.74) is 0.453. The minimum atomic E-state index is -1.16. The molecule has 0 radical (unpaired) electrons. The molecule has 0 aliphatic carbocycles. The van der Waals surface area contributed by atoms with Crippen LogP contribution in [0.15, 0.2) is 30.3 Å². The number of carbonyl (C=O) groups excluding carboxylic acids is 1. The molecule has 3 nitrogen and oxygen atoms in total. The van der Waals surface area contributed by atoms with Crippen LogP contribution in [0.2, 0.25) is 0 Å². The Kier molecular flexibility index (Phi) is 4.23. The summed E-state index contributed by atoms with van der Waals surface area (Å²) in [6.07, 6.45) is 0. The molecule has 2 heterocycles. The summed E-state index contributed by atoms with van der Waals surface area (Å²) >= 11 is 2.91. The Bertz CT molecular complexity index is 886. The highest BCUT2D eigenvalue weighted by Gasteiger charge is 2.18. The van der Waals surface area contributed by atoms with Crippen molar-refractivity contribution < 1.29 is 13.6 Å². The van der Waals surface area contributed by atoms with E-state index in [1.54, 1.807) is 11.3 Å². The van der Waals surface area contributed by atoms with E-state index in [1.807, 2.05) is 26.0 Å². The summed E-state index contributed by atoms with van der Waals surface area (Å²) < 4.78 is 26.9. The Hall–Kier alpha value is -2.12. The van der Waals surface area contributed by atoms with Gasteiger partial charge in [0, 0.05) is 9.75 Å². The van der Waals surface area contributed by atoms with Crippen LogP contribution in [0.25, 0.3) is 10.6 Å². The van der Waals surface area contributed by atoms with Crippen LogP contribution in [0.4, 0.5) is 13.9 Å². The van der Waals surface area contributed by atoms with Gasteiger partial charge in [-0.05, 0) is 38.1 Å². The summed E-state index contributed by atoms with van der Waals surface area (Å²) in [5, 5.41) is 2.89. The van der Waals surface area contributed by atoms with Gasteiger partial charge in [-0.2, -0.15) is 0 Å². The molecule has 1 aromatic carbocycles. The lowest BCUT2D eigenvalue weighted by Crippen LogP contribution is -2.14. The minimum absolute atomic E-state index is 0.341. The predicted octanol–water partition coefficient (Wildman–Crippen LogP) is 5.02. The van der Waals surface area contributed by atoms with Crippen LogP contribution in [0.3, 0.4) is 0 Å². The van der Waals surface area contributed by atoms with E-state index in [1.165, 1.54) is 28.3 Å². The minimum Gasteiger partial charge on any atom is -0.298 e. The van der Waals surface area contributed by atoms with E-state index in [0.717, 1.165) is 21.5 Å². The number of hydrogen-bond acceptors (Lipinski definition) is 4. The molecular formula is C16H12F2N2OS2. The van der Waals surface area contributed by atoms with Crippen LogP contribution in [0.5, 0.6) is 0 Å². The number of hydrogen-bond donors (Lipinski definition) is 1. The first-order valence-corrected chi connectivity index (χ1v) is 8.38. The van der Waals surface area contributed by atoms with Crippen molar-refractivity contribution in [3.63, 3.8) is 0 Å². The third-order valence-corrected chi connectivity index (χ3v) is 5.08. The Balaban J connectivity index is 1.86. The Morgan fingerprint density at radius 2 is 1.91 bits per heavy atom. The van der Waals surface area contributed by atoms with Crippen LogP contribution in [-0.4, -0.2) is 10.9 Å². The lowest BCUT2D eigenvalue weighted by atomic mass is 10.2. The molecule has 0 bridgehead atoms. The Labute approximate surface area is 139 Å². The SMILES string of the molecule is Cc1ccc(-c2nc(NC(=O)c3cccc(F)c3F)sc2C)s1. The van der Waals surface area contributed by atoms with E-state index >= 15 is 0 Å². The molecule has 0 atom stereocenters. The standard InChI is InChI=1S/C16H12F2N2OS2/c1-8-6-7-12(22-8)14-9(2)23-16(19-14)20-15(21)10-4-3-5-11(17)13(10)18/h3-7H,1-2H3,(H,19,20,21). The predicted molar refractivity (Wildman–Crippen MR) is 89.2 cm³/mol. The topological polar surface area (TPSA) is 42.0 Å². The molecule has 0 aliphatic heterocycles. The van der Waals surface area contributed by atoms with Gasteiger partial charge < -0.3 is 0 Å². The molecule has 0 spiro atoms. The van der Waals surface area contributed by atoms with Gasteiger partial charge in [0.05, 0.1) is 16.1 Å². The first-order valence-electron chi connectivity index (χ1n) is 6.75. The number of thiophene rings is 1. The van der Waals surface area contributed by atoms with Gasteiger partial charge in [0.1, 0.15) is 0 Å². The average molecular weight is 350 g/mol. The van der Waals surface area contributed by atoms with Crippen LogP contribution in [0, 0.1) is 25.5 Å². The highest BCUT2D eigenvalue weighted by atomic mass is 32.1. The molecular weight excluding hydrogens is 338 g/mol. The summed E-state index contributed by atoms with van der Waals surface area (Å²) in [4.78, 5) is 19.6. The normalized spacial score (nSPS) is 10.8. The highest BCUT2D eigenvalue weighted by molar-refractivity contribution is 7.18. The number of halogens is 2. The number of aryl methyl sites for hydroxylation is 2. The molecule has 118 valence electrons. The van der Waals surface area contributed by atoms with E-state index in [9.17, 15) is 13.6 Å². The van der Waals surface area contributed by atoms with Crippen molar-refractivity contribution >= 4 is 33.7 Å². The first kappa shape index (κ1) is 15.8. The van der Waals surface area contributed by atoms with Crippen LogP contribution >= 0.6 is 22.7 Å². The van der Waals surface area contributed by atoms with Crippen molar-refractivity contribution in [2.75, 3.05) is 5.32 Å². The van der Waals surface area contributed by atoms with Gasteiger partial charge in [-0.3, -0.25) is 10.1 Å². The number of aromatic nitrogens is 1. The van der Waals surface area contributed by atoms with Crippen molar-refractivity contribution in [2.24, 2.45) is 0 Å². The first-order chi connectivity index (χ1) is 11.0. The molecule has 0 aliphatic rings. The van der Waals surface area contributed by atoms with Gasteiger partial charge in [-0.1, -0.05) is 6.07 Å². The van der Waals surface area contributed by atoms with Crippen molar-refractivity contribution in [3.05, 3.63) is 57.3 Å². The molecule has 3 aromatic rings. The number of anilines is 1. The molecule has 0 fully saturated rings. The summed E-state index contributed by atoms with van der Waals surface area (Å²) in [5.74, 6) is -2.93. The molecule has 7 heteroatoms. The third kappa shape index (κ3) is 3.16. The molecule has 23 heavy (non-hydrogen) atoms. The Morgan fingerprint density at radius 1 is 1.13 bits per heavy atom. The van der Waals surface area contributed by atoms with E-state index in [2.05, 4.69) is 10.3 Å². The fourth-order valence-electron chi connectivity index (χ4n) is 2.08. The number of nitrogens with zero attached hydrogens (tertiary/aromatic N) is 1. The van der Waals surface area contributed by atoms with Gasteiger partial charge in [0.15, 0.2) is 16.8 Å². The number of benzene rings is 1. The number of rotatable bonds is 3. The molecule has 0 saturated carbocycles. The van der Waals surface area contributed by atoms with Crippen LogP contribution in [0.1, 0.15) is 20.1 Å². The van der Waals surface area contributed by atoms with Crippen LogP contribution < -0.4 is 5.32 Å². The molecule has 0 unspecified atom stereocenters. The third-order valence-electron chi connectivity index (χ3n) is 3.19. The fourth-order valence-corrected chi connectivity index (χ4v) is 3.89. The maximum atomic E-state index is 13.7. The fraction of sp³-hybridized carbons (Fsp3) is 0.125. The molecule has 0 saturated heterocycles. The van der Waals surface area contributed by atoms with Gasteiger partial charge in [0.25, 0.3) is 5.91 Å². The molecule has 1 N–H and O–H groups in total. The van der Waals surface area contributed by atoms with Crippen molar-refractivity contribution in [2.45, 2.75) is 13.8 Å². The lowest BCUT2D eigenvalue weighted by Gasteiger charge is -2.03. The molecule has 3 rings (SSSR count). The highest BCUT2D eigenvalue weighted by Crippen LogP contribution is 2.34. The summed E-state index contributed by atoms with van der Waals surface area (Å²) in [6.45, 7) is 3.91.